The molecular formula is C17H23N5O2. The molecule has 1 amide bonds. The molecule has 2 rings (SSSR count). The van der Waals surface area contributed by atoms with Crippen LogP contribution in [0.5, 0.6) is 0 Å². The Morgan fingerprint density at radius 1 is 1.21 bits per heavy atom. The van der Waals surface area contributed by atoms with Crippen molar-refractivity contribution in [2.45, 2.75) is 6.42 Å². The largest absolute Gasteiger partial charge is 0.385 e. The summed E-state index contributed by atoms with van der Waals surface area (Å²) >= 11 is 0. The molecule has 0 aliphatic rings. The molecule has 1 heterocycles. The minimum absolute atomic E-state index is 0.269. The van der Waals surface area contributed by atoms with Crippen LogP contribution in [0.1, 0.15) is 16.9 Å². The molecular weight excluding hydrogens is 306 g/mol. The summed E-state index contributed by atoms with van der Waals surface area (Å²) in [6, 6.07) is 9.24. The molecule has 0 aliphatic heterocycles. The van der Waals surface area contributed by atoms with Gasteiger partial charge >= 0.3 is 0 Å². The van der Waals surface area contributed by atoms with Crippen LogP contribution >= 0.6 is 0 Å². The van der Waals surface area contributed by atoms with Gasteiger partial charge in [0.25, 0.3) is 5.91 Å². The number of aromatic nitrogens is 2. The normalized spacial score (nSPS) is 10.3. The number of anilines is 3. The highest BCUT2D eigenvalue weighted by Crippen LogP contribution is 2.16. The summed E-state index contributed by atoms with van der Waals surface area (Å²) in [7, 11) is 5.60. The quantitative estimate of drug-likeness (QED) is 0.723. The topological polar surface area (TPSA) is 79.4 Å². The maximum Gasteiger partial charge on any atom is 0.274 e. The number of benzene rings is 1. The van der Waals surface area contributed by atoms with Crippen LogP contribution in [0.25, 0.3) is 0 Å². The Bertz CT molecular complexity index is 658. The fraction of sp³-hybridized carbons (Fsp3) is 0.353. The number of hydrogen-bond acceptors (Lipinski definition) is 6. The van der Waals surface area contributed by atoms with Crippen molar-refractivity contribution in [3.63, 3.8) is 0 Å². The maximum atomic E-state index is 12.3. The van der Waals surface area contributed by atoms with Gasteiger partial charge < -0.3 is 20.3 Å². The number of nitrogens with zero attached hydrogens (tertiary/aromatic N) is 3. The fourth-order valence-corrected chi connectivity index (χ4v) is 2.05. The fourth-order valence-electron chi connectivity index (χ4n) is 2.05. The van der Waals surface area contributed by atoms with Gasteiger partial charge in [0.2, 0.25) is 0 Å². The molecule has 0 radical (unpaired) electrons. The number of methoxy groups -OCH3 is 1. The zero-order valence-electron chi connectivity index (χ0n) is 14.2. The zero-order valence-corrected chi connectivity index (χ0v) is 14.2. The van der Waals surface area contributed by atoms with Gasteiger partial charge in [0.15, 0.2) is 0 Å². The molecule has 2 N–H and O–H groups in total. The molecule has 0 saturated heterocycles. The molecule has 1 aromatic carbocycles. The van der Waals surface area contributed by atoms with Gasteiger partial charge in [0.05, 0.1) is 0 Å². The third-order valence-electron chi connectivity index (χ3n) is 3.37. The van der Waals surface area contributed by atoms with E-state index in [2.05, 4.69) is 20.6 Å². The number of hydrogen-bond donors (Lipinski definition) is 2. The molecule has 0 atom stereocenters. The highest BCUT2D eigenvalue weighted by Gasteiger charge is 2.09. The predicted octanol–water partition coefficient (Wildman–Crippen LogP) is 2.24. The second-order valence-corrected chi connectivity index (χ2v) is 5.46. The lowest BCUT2D eigenvalue weighted by Gasteiger charge is -2.13. The standard InChI is InChI=1S/C17H23N5O2/c1-22(2)14-7-5-13(6-8-14)21-17(23)15-11-16(20-12-19-15)18-9-4-10-24-3/h5-8,11-12H,4,9-10H2,1-3H3,(H,21,23)(H,18,19,20). The van der Waals surface area contributed by atoms with Crippen molar-refractivity contribution in [3.05, 3.63) is 42.4 Å². The number of amides is 1. The SMILES string of the molecule is COCCCNc1cc(C(=O)Nc2ccc(N(C)C)cc2)ncn1. The molecule has 24 heavy (non-hydrogen) atoms. The highest BCUT2D eigenvalue weighted by molar-refractivity contribution is 6.03. The first-order valence-corrected chi connectivity index (χ1v) is 7.73. The van der Waals surface area contributed by atoms with E-state index in [1.165, 1.54) is 6.33 Å². The Balaban J connectivity index is 1.96. The highest BCUT2D eigenvalue weighted by atomic mass is 16.5. The van der Waals surface area contributed by atoms with Crippen molar-refractivity contribution < 1.29 is 9.53 Å². The molecule has 0 bridgehead atoms. The van der Waals surface area contributed by atoms with Crippen molar-refractivity contribution in [2.75, 3.05) is 49.9 Å². The van der Waals surface area contributed by atoms with Gasteiger partial charge in [-0.15, -0.1) is 0 Å². The summed E-state index contributed by atoms with van der Waals surface area (Å²) in [4.78, 5) is 22.4. The average molecular weight is 329 g/mol. The van der Waals surface area contributed by atoms with E-state index >= 15 is 0 Å². The first kappa shape index (κ1) is 17.7. The van der Waals surface area contributed by atoms with Crippen LogP contribution in [0.15, 0.2) is 36.7 Å². The van der Waals surface area contributed by atoms with Crippen LogP contribution in [0.4, 0.5) is 17.2 Å². The minimum atomic E-state index is -0.269. The average Bonchev–Trinajstić information content (AvgIpc) is 2.59. The summed E-state index contributed by atoms with van der Waals surface area (Å²) in [6.45, 7) is 1.40. The Kier molecular flexibility index (Phi) is 6.51. The minimum Gasteiger partial charge on any atom is -0.385 e. The number of rotatable bonds is 8. The third-order valence-corrected chi connectivity index (χ3v) is 3.37. The summed E-state index contributed by atoms with van der Waals surface area (Å²) in [5.41, 5.74) is 2.10. The zero-order chi connectivity index (χ0) is 17.4. The molecule has 0 unspecified atom stereocenters. The Labute approximate surface area is 142 Å². The van der Waals surface area contributed by atoms with Gasteiger partial charge in [-0.3, -0.25) is 4.79 Å². The van der Waals surface area contributed by atoms with E-state index < -0.39 is 0 Å². The third kappa shape index (κ3) is 5.20. The number of ether oxygens (including phenoxy) is 1. The second-order valence-electron chi connectivity index (χ2n) is 5.46. The van der Waals surface area contributed by atoms with E-state index in [0.717, 1.165) is 24.3 Å². The summed E-state index contributed by atoms with van der Waals surface area (Å²) in [5.74, 6) is 0.351. The van der Waals surface area contributed by atoms with E-state index in [9.17, 15) is 4.79 Å². The molecule has 7 nitrogen and oxygen atoms in total. The van der Waals surface area contributed by atoms with Gasteiger partial charge in [-0.25, -0.2) is 9.97 Å². The van der Waals surface area contributed by atoms with E-state index in [1.807, 2.05) is 43.3 Å². The van der Waals surface area contributed by atoms with Crippen molar-refractivity contribution in [2.24, 2.45) is 0 Å². The van der Waals surface area contributed by atoms with Gasteiger partial charge in [0, 0.05) is 51.8 Å². The molecule has 7 heteroatoms. The summed E-state index contributed by atoms with van der Waals surface area (Å²) < 4.78 is 4.99. The lowest BCUT2D eigenvalue weighted by atomic mass is 10.2. The number of carbonyl (C=O) groups excluding carboxylic acids is 1. The van der Waals surface area contributed by atoms with Crippen molar-refractivity contribution in [1.29, 1.82) is 0 Å². The van der Waals surface area contributed by atoms with Gasteiger partial charge in [-0.2, -0.15) is 0 Å². The molecule has 1 aromatic heterocycles. The molecule has 2 aromatic rings. The van der Waals surface area contributed by atoms with Crippen molar-refractivity contribution in [3.8, 4) is 0 Å². The first-order valence-electron chi connectivity index (χ1n) is 7.73. The Morgan fingerprint density at radius 2 is 1.96 bits per heavy atom. The first-order chi connectivity index (χ1) is 11.6. The van der Waals surface area contributed by atoms with E-state index in [1.54, 1.807) is 13.2 Å². The van der Waals surface area contributed by atoms with Crippen LogP contribution in [0.2, 0.25) is 0 Å². The van der Waals surface area contributed by atoms with Gasteiger partial charge in [-0.1, -0.05) is 0 Å². The van der Waals surface area contributed by atoms with Crippen molar-refractivity contribution >= 4 is 23.1 Å². The molecule has 0 aliphatic carbocycles. The second kappa shape index (κ2) is 8.83. The van der Waals surface area contributed by atoms with Crippen LogP contribution in [-0.4, -0.2) is 50.2 Å². The number of carbonyl (C=O) groups is 1. The molecule has 0 saturated carbocycles. The van der Waals surface area contributed by atoms with Crippen LogP contribution in [-0.2, 0) is 4.74 Å². The summed E-state index contributed by atoms with van der Waals surface area (Å²) in [6.07, 6.45) is 2.24. The van der Waals surface area contributed by atoms with E-state index in [-0.39, 0.29) is 5.91 Å². The van der Waals surface area contributed by atoms with Crippen LogP contribution in [0, 0.1) is 0 Å². The van der Waals surface area contributed by atoms with Crippen LogP contribution in [0.3, 0.4) is 0 Å². The Morgan fingerprint density at radius 3 is 2.62 bits per heavy atom. The molecule has 0 fully saturated rings. The smallest absolute Gasteiger partial charge is 0.274 e. The van der Waals surface area contributed by atoms with Gasteiger partial charge in [0.1, 0.15) is 17.8 Å². The van der Waals surface area contributed by atoms with E-state index in [4.69, 9.17) is 4.74 Å². The van der Waals surface area contributed by atoms with E-state index in [0.29, 0.717) is 18.1 Å². The lowest BCUT2D eigenvalue weighted by molar-refractivity contribution is 0.102. The maximum absolute atomic E-state index is 12.3. The van der Waals surface area contributed by atoms with Crippen molar-refractivity contribution in [1.82, 2.24) is 9.97 Å². The van der Waals surface area contributed by atoms with Crippen LogP contribution < -0.4 is 15.5 Å². The molecule has 128 valence electrons. The predicted molar refractivity (Wildman–Crippen MR) is 95.7 cm³/mol. The number of nitrogens with one attached hydrogen (secondary N) is 2. The Hall–Kier alpha value is -2.67. The lowest BCUT2D eigenvalue weighted by Crippen LogP contribution is -2.15. The monoisotopic (exact) mass is 329 g/mol. The summed E-state index contributed by atoms with van der Waals surface area (Å²) in [5, 5.41) is 5.97. The van der Waals surface area contributed by atoms with Gasteiger partial charge in [-0.05, 0) is 30.7 Å². The molecule has 0 spiro atoms.